The van der Waals surface area contributed by atoms with Gasteiger partial charge in [0.1, 0.15) is 10.8 Å². The number of nitrogens with zero attached hydrogens (tertiary/aromatic N) is 3. The molecule has 220 valence electrons. The van der Waals surface area contributed by atoms with Crippen molar-refractivity contribution < 1.29 is 23.9 Å². The number of thiophene rings is 1. The summed E-state index contributed by atoms with van der Waals surface area (Å²) in [6, 6.07) is 6.82. The summed E-state index contributed by atoms with van der Waals surface area (Å²) >= 11 is 2.71. The van der Waals surface area contributed by atoms with Crippen molar-refractivity contribution in [1.29, 1.82) is 0 Å². The smallest absolute Gasteiger partial charge is 0.341 e. The molecule has 0 spiro atoms. The Morgan fingerprint density at radius 1 is 1.17 bits per heavy atom. The van der Waals surface area contributed by atoms with E-state index in [0.717, 1.165) is 29.7 Å². The molecule has 0 saturated heterocycles. The Kier molecular flexibility index (Phi) is 9.75. The van der Waals surface area contributed by atoms with Crippen LogP contribution < -0.4 is 15.4 Å². The molecule has 41 heavy (non-hydrogen) atoms. The van der Waals surface area contributed by atoms with E-state index in [2.05, 4.69) is 41.6 Å². The molecule has 0 bridgehead atoms. The molecule has 1 atom stereocenters. The number of anilines is 1. The maximum atomic E-state index is 13.0. The normalized spacial score (nSPS) is 14.7. The van der Waals surface area contributed by atoms with Crippen LogP contribution in [0, 0.1) is 11.3 Å². The van der Waals surface area contributed by atoms with Gasteiger partial charge in [0.05, 0.1) is 31.6 Å². The van der Waals surface area contributed by atoms with E-state index >= 15 is 0 Å². The number of rotatable bonds is 10. The Balaban J connectivity index is 1.38. The number of amides is 2. The summed E-state index contributed by atoms with van der Waals surface area (Å²) < 4.78 is 12.2. The minimum atomic E-state index is -0.392. The van der Waals surface area contributed by atoms with Crippen molar-refractivity contribution in [2.24, 2.45) is 18.4 Å². The maximum Gasteiger partial charge on any atom is 0.341 e. The highest BCUT2D eigenvalue weighted by molar-refractivity contribution is 7.99. The third-order valence-electron chi connectivity index (χ3n) is 7.24. The average molecular weight is 600 g/mol. The first-order valence-electron chi connectivity index (χ1n) is 13.6. The standard InChI is InChI=1S/C29H37N5O5S2/c1-7-39-27(37)24-20-13-10-18(29(2,3)4)14-21(20)41-26(24)31-23(35)16-40-28-33-32-22(34(28)5)15-30-25(36)17-8-11-19(38-6)12-9-17/h8-9,11-12,18H,7,10,13-16H2,1-6H3,(H,30,36)(H,31,35). The molecule has 0 saturated carbocycles. The lowest BCUT2D eigenvalue weighted by molar-refractivity contribution is -0.113. The summed E-state index contributed by atoms with van der Waals surface area (Å²) in [5, 5.41) is 15.2. The Labute approximate surface area is 248 Å². The summed E-state index contributed by atoms with van der Waals surface area (Å²) in [5.74, 6) is 0.938. The van der Waals surface area contributed by atoms with E-state index in [1.54, 1.807) is 49.9 Å². The largest absolute Gasteiger partial charge is 0.497 e. The predicted molar refractivity (Wildman–Crippen MR) is 160 cm³/mol. The number of esters is 1. The van der Waals surface area contributed by atoms with Crippen LogP contribution in [-0.2, 0) is 36.0 Å². The number of nitrogens with one attached hydrogen (secondary N) is 2. The number of carbonyl (C=O) groups is 3. The highest BCUT2D eigenvalue weighted by Crippen LogP contribution is 2.44. The summed E-state index contributed by atoms with van der Waals surface area (Å²) in [5.41, 5.74) is 2.17. The van der Waals surface area contributed by atoms with Crippen LogP contribution in [0.15, 0.2) is 29.4 Å². The number of thioether (sulfide) groups is 1. The summed E-state index contributed by atoms with van der Waals surface area (Å²) in [6.45, 7) is 8.97. The topological polar surface area (TPSA) is 124 Å². The van der Waals surface area contributed by atoms with Crippen LogP contribution in [0.4, 0.5) is 5.00 Å². The van der Waals surface area contributed by atoms with Crippen molar-refractivity contribution in [3.8, 4) is 5.75 Å². The molecule has 1 aromatic carbocycles. The maximum absolute atomic E-state index is 13.0. The van der Waals surface area contributed by atoms with E-state index < -0.39 is 5.97 Å². The van der Waals surface area contributed by atoms with Gasteiger partial charge >= 0.3 is 5.97 Å². The van der Waals surface area contributed by atoms with Gasteiger partial charge in [-0.2, -0.15) is 0 Å². The molecule has 3 aromatic rings. The van der Waals surface area contributed by atoms with Gasteiger partial charge in [0.25, 0.3) is 5.91 Å². The zero-order valence-corrected chi connectivity index (χ0v) is 26.0. The van der Waals surface area contributed by atoms with Crippen LogP contribution in [-0.4, -0.2) is 52.0 Å². The van der Waals surface area contributed by atoms with Gasteiger partial charge in [-0.3, -0.25) is 9.59 Å². The second kappa shape index (κ2) is 13.1. The van der Waals surface area contributed by atoms with Gasteiger partial charge in [0.15, 0.2) is 11.0 Å². The lowest BCUT2D eigenvalue weighted by Crippen LogP contribution is -2.26. The molecule has 10 nitrogen and oxygen atoms in total. The van der Waals surface area contributed by atoms with Crippen LogP contribution in [0.3, 0.4) is 0 Å². The Morgan fingerprint density at radius 2 is 1.90 bits per heavy atom. The van der Waals surface area contributed by atoms with Crippen LogP contribution in [0.25, 0.3) is 0 Å². The highest BCUT2D eigenvalue weighted by atomic mass is 32.2. The third kappa shape index (κ3) is 7.28. The molecule has 0 aliphatic heterocycles. The van der Waals surface area contributed by atoms with Crippen molar-refractivity contribution in [2.45, 2.75) is 58.7 Å². The van der Waals surface area contributed by atoms with E-state index in [1.807, 2.05) is 0 Å². The van der Waals surface area contributed by atoms with Crippen molar-refractivity contribution in [1.82, 2.24) is 20.1 Å². The molecular weight excluding hydrogens is 562 g/mol. The van der Waals surface area contributed by atoms with E-state index in [9.17, 15) is 14.4 Å². The molecule has 2 amide bonds. The second-order valence-corrected chi connectivity index (χ2v) is 13.0. The number of fused-ring (bicyclic) bond motifs is 1. The van der Waals surface area contributed by atoms with Gasteiger partial charge in [-0.25, -0.2) is 4.79 Å². The van der Waals surface area contributed by atoms with E-state index in [1.165, 1.54) is 23.1 Å². The minimum absolute atomic E-state index is 0.0830. The number of hydrogen-bond acceptors (Lipinski definition) is 9. The number of carbonyl (C=O) groups excluding carboxylic acids is 3. The van der Waals surface area contributed by atoms with Gasteiger partial charge in [0.2, 0.25) is 5.91 Å². The van der Waals surface area contributed by atoms with Gasteiger partial charge in [-0.05, 0) is 67.3 Å². The quantitative estimate of drug-likeness (QED) is 0.250. The van der Waals surface area contributed by atoms with Crippen LogP contribution in [0.2, 0.25) is 0 Å². The van der Waals surface area contributed by atoms with Gasteiger partial charge < -0.3 is 24.7 Å². The number of benzene rings is 1. The van der Waals surface area contributed by atoms with Crippen LogP contribution in [0.5, 0.6) is 5.75 Å². The summed E-state index contributed by atoms with van der Waals surface area (Å²) in [6.07, 6.45) is 2.68. The Bertz CT molecular complexity index is 1410. The fourth-order valence-electron chi connectivity index (χ4n) is 4.75. The first-order valence-corrected chi connectivity index (χ1v) is 15.4. The molecular formula is C29H37N5O5S2. The van der Waals surface area contributed by atoms with Gasteiger partial charge in [-0.15, -0.1) is 21.5 Å². The van der Waals surface area contributed by atoms with Crippen molar-refractivity contribution in [3.63, 3.8) is 0 Å². The first kappa shape index (κ1) is 30.6. The lowest BCUT2D eigenvalue weighted by Gasteiger charge is -2.33. The lowest BCUT2D eigenvalue weighted by atomic mass is 9.72. The molecule has 0 radical (unpaired) electrons. The Morgan fingerprint density at radius 3 is 2.56 bits per heavy atom. The van der Waals surface area contributed by atoms with E-state index in [4.69, 9.17) is 9.47 Å². The molecule has 2 heterocycles. The SMILES string of the molecule is CCOC(=O)c1c(NC(=O)CSc2nnc(CNC(=O)c3ccc(OC)cc3)n2C)sc2c1CCC(C(C)(C)C)C2. The van der Waals surface area contributed by atoms with Crippen LogP contribution in [0.1, 0.15) is 71.1 Å². The molecule has 2 N–H and O–H groups in total. The molecule has 2 aromatic heterocycles. The third-order valence-corrected chi connectivity index (χ3v) is 9.43. The Hall–Kier alpha value is -3.38. The van der Waals surface area contributed by atoms with Gasteiger partial charge in [0, 0.05) is 17.5 Å². The number of hydrogen-bond donors (Lipinski definition) is 2. The minimum Gasteiger partial charge on any atom is -0.497 e. The monoisotopic (exact) mass is 599 g/mol. The summed E-state index contributed by atoms with van der Waals surface area (Å²) in [4.78, 5) is 39.5. The highest BCUT2D eigenvalue weighted by Gasteiger charge is 2.34. The molecule has 12 heteroatoms. The van der Waals surface area contributed by atoms with Crippen molar-refractivity contribution >= 4 is 45.9 Å². The average Bonchev–Trinajstić information content (AvgIpc) is 3.48. The van der Waals surface area contributed by atoms with E-state index in [-0.39, 0.29) is 36.1 Å². The fraction of sp³-hybridized carbons (Fsp3) is 0.483. The number of methoxy groups -OCH3 is 1. The van der Waals surface area contributed by atoms with Crippen LogP contribution >= 0.6 is 23.1 Å². The van der Waals surface area contributed by atoms with E-state index in [0.29, 0.717) is 38.8 Å². The number of aromatic nitrogens is 3. The summed E-state index contributed by atoms with van der Waals surface area (Å²) in [7, 11) is 3.35. The molecule has 4 rings (SSSR count). The fourth-order valence-corrected chi connectivity index (χ4v) is 6.82. The van der Waals surface area contributed by atoms with Gasteiger partial charge in [-0.1, -0.05) is 32.5 Å². The zero-order chi connectivity index (χ0) is 29.7. The molecule has 0 fully saturated rings. The van der Waals surface area contributed by atoms with Crippen molar-refractivity contribution in [2.75, 3.05) is 24.8 Å². The molecule has 1 unspecified atom stereocenters. The molecule has 1 aliphatic carbocycles. The predicted octanol–water partition coefficient (Wildman–Crippen LogP) is 4.87. The zero-order valence-electron chi connectivity index (χ0n) is 24.3. The number of ether oxygens (including phenoxy) is 2. The second-order valence-electron chi connectivity index (χ2n) is 10.9. The first-order chi connectivity index (χ1) is 19.5. The molecule has 1 aliphatic rings. The van der Waals surface area contributed by atoms with Crippen molar-refractivity contribution in [3.05, 3.63) is 51.7 Å².